The van der Waals surface area contributed by atoms with Crippen molar-refractivity contribution in [2.24, 2.45) is 5.92 Å². The van der Waals surface area contributed by atoms with E-state index in [0.29, 0.717) is 12.6 Å². The predicted octanol–water partition coefficient (Wildman–Crippen LogP) is 1.29. The van der Waals surface area contributed by atoms with Crippen LogP contribution < -0.4 is 5.32 Å². The number of hydrogen-bond donors (Lipinski definition) is 1. The molecule has 0 saturated carbocycles. The summed E-state index contributed by atoms with van der Waals surface area (Å²) in [5, 5.41) is 3.05. The number of urea groups is 1. The molecule has 114 valence electrons. The van der Waals surface area contributed by atoms with Crippen molar-refractivity contribution in [1.82, 2.24) is 15.1 Å². The first-order chi connectivity index (χ1) is 9.72. The molecule has 3 rings (SSSR count). The summed E-state index contributed by atoms with van der Waals surface area (Å²) >= 11 is 0. The molecule has 0 aromatic carbocycles. The summed E-state index contributed by atoms with van der Waals surface area (Å²) in [5.74, 6) is 0.757. The van der Waals surface area contributed by atoms with Gasteiger partial charge in [-0.2, -0.15) is 0 Å². The molecular formula is C15H27N3O2. The number of ether oxygens (including phenoxy) is 1. The predicted molar refractivity (Wildman–Crippen MR) is 77.7 cm³/mol. The van der Waals surface area contributed by atoms with Crippen LogP contribution in [0.5, 0.6) is 0 Å². The summed E-state index contributed by atoms with van der Waals surface area (Å²) in [6, 6.07) is 0.717. The Kier molecular flexibility index (Phi) is 4.46. The van der Waals surface area contributed by atoms with Crippen molar-refractivity contribution in [1.29, 1.82) is 0 Å². The Balaban J connectivity index is 1.39. The third-order valence-corrected chi connectivity index (χ3v) is 5.01. The van der Waals surface area contributed by atoms with Crippen molar-refractivity contribution in [3.63, 3.8) is 0 Å². The average Bonchev–Trinajstić information content (AvgIpc) is 2.93. The molecule has 1 N–H and O–H groups in total. The molecule has 3 aliphatic heterocycles. The van der Waals surface area contributed by atoms with Crippen molar-refractivity contribution >= 4 is 6.03 Å². The zero-order valence-corrected chi connectivity index (χ0v) is 12.5. The summed E-state index contributed by atoms with van der Waals surface area (Å²) < 4.78 is 5.87. The van der Waals surface area contributed by atoms with E-state index in [-0.39, 0.29) is 12.1 Å². The molecule has 3 saturated heterocycles. The second-order valence-corrected chi connectivity index (χ2v) is 6.60. The van der Waals surface area contributed by atoms with Gasteiger partial charge in [-0.3, -0.25) is 4.90 Å². The SMILES string of the molecule is CC1CCN(C(=O)NCC2CN3CCCC3CO2)CC1. The van der Waals surface area contributed by atoms with Gasteiger partial charge in [0.05, 0.1) is 12.7 Å². The van der Waals surface area contributed by atoms with Crippen LogP contribution in [0.15, 0.2) is 0 Å². The molecule has 2 atom stereocenters. The molecule has 3 aliphatic rings. The molecule has 3 heterocycles. The fraction of sp³-hybridized carbons (Fsp3) is 0.933. The highest BCUT2D eigenvalue weighted by atomic mass is 16.5. The van der Waals surface area contributed by atoms with Gasteiger partial charge in [-0.05, 0) is 38.1 Å². The van der Waals surface area contributed by atoms with Crippen LogP contribution in [0.4, 0.5) is 4.79 Å². The summed E-state index contributed by atoms with van der Waals surface area (Å²) in [7, 11) is 0. The van der Waals surface area contributed by atoms with E-state index in [9.17, 15) is 4.79 Å². The van der Waals surface area contributed by atoms with Gasteiger partial charge in [-0.25, -0.2) is 4.79 Å². The quantitative estimate of drug-likeness (QED) is 0.829. The fourth-order valence-electron chi connectivity index (χ4n) is 3.53. The average molecular weight is 281 g/mol. The third kappa shape index (κ3) is 3.26. The van der Waals surface area contributed by atoms with E-state index >= 15 is 0 Å². The number of rotatable bonds is 2. The molecule has 0 aromatic rings. The second-order valence-electron chi connectivity index (χ2n) is 6.60. The second kappa shape index (κ2) is 6.31. The lowest BCUT2D eigenvalue weighted by molar-refractivity contribution is -0.0461. The highest BCUT2D eigenvalue weighted by molar-refractivity contribution is 5.74. The van der Waals surface area contributed by atoms with E-state index in [1.54, 1.807) is 0 Å². The number of nitrogens with one attached hydrogen (secondary N) is 1. The summed E-state index contributed by atoms with van der Waals surface area (Å²) in [4.78, 5) is 16.6. The van der Waals surface area contributed by atoms with Crippen LogP contribution in [0.2, 0.25) is 0 Å². The topological polar surface area (TPSA) is 44.8 Å². The van der Waals surface area contributed by atoms with Crippen LogP contribution in [0.1, 0.15) is 32.6 Å². The number of hydrogen-bond acceptors (Lipinski definition) is 3. The van der Waals surface area contributed by atoms with Gasteiger partial charge in [-0.15, -0.1) is 0 Å². The van der Waals surface area contributed by atoms with E-state index in [1.807, 2.05) is 4.90 Å². The van der Waals surface area contributed by atoms with Gasteiger partial charge in [0.2, 0.25) is 0 Å². The number of morpholine rings is 1. The summed E-state index contributed by atoms with van der Waals surface area (Å²) in [6.45, 7) is 7.71. The van der Waals surface area contributed by atoms with E-state index < -0.39 is 0 Å². The molecule has 0 bridgehead atoms. The number of piperidine rings is 1. The first kappa shape index (κ1) is 14.1. The maximum absolute atomic E-state index is 12.1. The number of likely N-dealkylation sites (tertiary alicyclic amines) is 1. The maximum atomic E-state index is 12.1. The maximum Gasteiger partial charge on any atom is 0.317 e. The van der Waals surface area contributed by atoms with E-state index in [0.717, 1.165) is 45.0 Å². The largest absolute Gasteiger partial charge is 0.373 e. The van der Waals surface area contributed by atoms with Crippen LogP contribution in [-0.4, -0.2) is 67.3 Å². The van der Waals surface area contributed by atoms with Gasteiger partial charge in [0, 0.05) is 32.2 Å². The molecule has 2 amide bonds. The first-order valence-corrected chi connectivity index (χ1v) is 8.11. The van der Waals surface area contributed by atoms with E-state index in [1.165, 1.54) is 19.4 Å². The van der Waals surface area contributed by atoms with Crippen LogP contribution in [0.25, 0.3) is 0 Å². The van der Waals surface area contributed by atoms with Crippen LogP contribution >= 0.6 is 0 Å². The molecule has 0 spiro atoms. The Morgan fingerprint density at radius 3 is 2.85 bits per heavy atom. The molecule has 0 aliphatic carbocycles. The van der Waals surface area contributed by atoms with E-state index in [4.69, 9.17) is 4.74 Å². The summed E-state index contributed by atoms with van der Waals surface area (Å²) in [5.41, 5.74) is 0. The zero-order valence-electron chi connectivity index (χ0n) is 12.5. The van der Waals surface area contributed by atoms with Crippen molar-refractivity contribution in [2.45, 2.75) is 44.8 Å². The molecule has 2 unspecified atom stereocenters. The highest BCUT2D eigenvalue weighted by Gasteiger charge is 2.32. The van der Waals surface area contributed by atoms with Gasteiger partial charge in [0.15, 0.2) is 0 Å². The number of carbonyl (C=O) groups excluding carboxylic acids is 1. The molecule has 5 heteroatoms. The molecule has 3 fully saturated rings. The Morgan fingerprint density at radius 1 is 1.25 bits per heavy atom. The van der Waals surface area contributed by atoms with Crippen LogP contribution in [0.3, 0.4) is 0 Å². The number of carbonyl (C=O) groups is 1. The lowest BCUT2D eigenvalue weighted by atomic mass is 10.00. The monoisotopic (exact) mass is 281 g/mol. The number of nitrogens with zero attached hydrogens (tertiary/aromatic N) is 2. The van der Waals surface area contributed by atoms with Gasteiger partial charge < -0.3 is 15.0 Å². The van der Waals surface area contributed by atoms with Gasteiger partial charge in [-0.1, -0.05) is 6.92 Å². The molecule has 20 heavy (non-hydrogen) atoms. The fourth-order valence-corrected chi connectivity index (χ4v) is 3.53. The molecule has 5 nitrogen and oxygen atoms in total. The molecule has 0 aromatic heterocycles. The minimum atomic E-state index is 0.0871. The lowest BCUT2D eigenvalue weighted by Crippen LogP contribution is -2.52. The van der Waals surface area contributed by atoms with Crippen LogP contribution in [0, 0.1) is 5.92 Å². The van der Waals surface area contributed by atoms with E-state index in [2.05, 4.69) is 17.1 Å². The molecule has 0 radical (unpaired) electrons. The minimum absolute atomic E-state index is 0.0871. The Labute approximate surface area is 121 Å². The standard InChI is InChI=1S/C15H27N3O2/c1-12-4-7-17(8-5-12)15(19)16-9-14-10-18-6-2-3-13(18)11-20-14/h12-14H,2-11H2,1H3,(H,16,19). The smallest absolute Gasteiger partial charge is 0.317 e. The summed E-state index contributed by atoms with van der Waals surface area (Å²) in [6.07, 6.45) is 4.98. The number of amides is 2. The van der Waals surface area contributed by atoms with Crippen molar-refractivity contribution < 1.29 is 9.53 Å². The highest BCUT2D eigenvalue weighted by Crippen LogP contribution is 2.22. The minimum Gasteiger partial charge on any atom is -0.373 e. The number of fused-ring (bicyclic) bond motifs is 1. The van der Waals surface area contributed by atoms with Gasteiger partial charge in [0.25, 0.3) is 0 Å². The van der Waals surface area contributed by atoms with Crippen molar-refractivity contribution in [2.75, 3.05) is 39.3 Å². The normalized spacial score (nSPS) is 32.1. The van der Waals surface area contributed by atoms with Gasteiger partial charge in [0.1, 0.15) is 0 Å². The van der Waals surface area contributed by atoms with Crippen molar-refractivity contribution in [3.05, 3.63) is 0 Å². The Bertz CT molecular complexity index is 342. The first-order valence-electron chi connectivity index (χ1n) is 8.11. The van der Waals surface area contributed by atoms with Crippen molar-refractivity contribution in [3.8, 4) is 0 Å². The van der Waals surface area contributed by atoms with Gasteiger partial charge >= 0.3 is 6.03 Å². The van der Waals surface area contributed by atoms with Crippen LogP contribution in [-0.2, 0) is 4.74 Å². The Hall–Kier alpha value is -0.810. The third-order valence-electron chi connectivity index (χ3n) is 5.01. The zero-order chi connectivity index (χ0) is 13.9. The molecular weight excluding hydrogens is 254 g/mol. The Morgan fingerprint density at radius 2 is 2.05 bits per heavy atom. The lowest BCUT2D eigenvalue weighted by Gasteiger charge is -2.36.